The molecular formula is C21H24ClFIN7O3S. The summed E-state index contributed by atoms with van der Waals surface area (Å²) in [5.74, 6) is -1.01. The summed E-state index contributed by atoms with van der Waals surface area (Å²) in [6, 6.07) is 7.26. The molecule has 5 N–H and O–H groups in total. The molecule has 35 heavy (non-hydrogen) atoms. The number of anilines is 3. The van der Waals surface area contributed by atoms with Gasteiger partial charge in [-0.25, -0.2) is 17.5 Å². The highest BCUT2D eigenvalue weighted by molar-refractivity contribution is 14.1. The topological polar surface area (TPSA) is 138 Å². The fourth-order valence-corrected chi connectivity index (χ4v) is 5.70. The average molecular weight is 636 g/mol. The smallest absolute Gasteiger partial charge is 0.313 e. The number of sulfonamides is 1. The molecule has 1 aromatic heterocycles. The first-order valence-corrected chi connectivity index (χ1v) is 13.7. The Morgan fingerprint density at radius 3 is 2.66 bits per heavy atom. The summed E-state index contributed by atoms with van der Waals surface area (Å²) in [5, 5.41) is 14.2. The second-order valence-corrected chi connectivity index (χ2v) is 11.3. The Morgan fingerprint density at radius 1 is 1.20 bits per heavy atom. The maximum atomic E-state index is 15.1. The lowest BCUT2D eigenvalue weighted by Gasteiger charge is -2.27. The molecule has 2 heterocycles. The molecule has 188 valence electrons. The number of hydrogen-bond acceptors (Lipinski definition) is 9. The predicted octanol–water partition coefficient (Wildman–Crippen LogP) is 3.03. The number of nitrogens with one attached hydrogen (secondary N) is 3. The molecule has 0 bridgehead atoms. The van der Waals surface area contributed by atoms with Crippen LogP contribution in [0.3, 0.4) is 0 Å². The fraction of sp³-hybridized carbons (Fsp3) is 0.333. The maximum absolute atomic E-state index is 15.1. The first kappa shape index (κ1) is 26.0. The normalized spacial score (nSPS) is 14.8. The van der Waals surface area contributed by atoms with Crippen molar-refractivity contribution >= 4 is 61.6 Å². The van der Waals surface area contributed by atoms with Crippen molar-refractivity contribution in [3.8, 4) is 11.5 Å². The molecule has 2 aromatic carbocycles. The molecule has 0 amide bonds. The van der Waals surface area contributed by atoms with E-state index >= 15 is 4.39 Å². The maximum Gasteiger partial charge on any atom is 0.313 e. The molecule has 0 aliphatic carbocycles. The number of nitrogens with two attached hydrogens (primary N) is 1. The number of nitrogen functional groups attached to an aromatic ring is 1. The van der Waals surface area contributed by atoms with Gasteiger partial charge >= 0.3 is 6.01 Å². The molecule has 1 fully saturated rings. The number of piperazine rings is 1. The van der Waals surface area contributed by atoms with Crippen LogP contribution in [0.4, 0.5) is 21.8 Å². The van der Waals surface area contributed by atoms with E-state index in [0.717, 1.165) is 48.4 Å². The molecule has 1 saturated heterocycles. The zero-order valence-corrected chi connectivity index (χ0v) is 22.3. The summed E-state index contributed by atoms with van der Waals surface area (Å²) in [5.41, 5.74) is 6.39. The molecule has 3 aromatic rings. The highest BCUT2D eigenvalue weighted by atomic mass is 127. The van der Waals surface area contributed by atoms with Gasteiger partial charge in [0, 0.05) is 36.3 Å². The van der Waals surface area contributed by atoms with Gasteiger partial charge in [-0.1, -0.05) is 16.7 Å². The van der Waals surface area contributed by atoms with Crippen LogP contribution in [0.2, 0.25) is 5.02 Å². The zero-order valence-electron chi connectivity index (χ0n) is 18.5. The van der Waals surface area contributed by atoms with E-state index < -0.39 is 20.7 Å². The van der Waals surface area contributed by atoms with Gasteiger partial charge in [0.15, 0.2) is 0 Å². The van der Waals surface area contributed by atoms with Crippen LogP contribution in [-0.4, -0.2) is 62.8 Å². The summed E-state index contributed by atoms with van der Waals surface area (Å²) in [6.45, 7) is 4.57. The highest BCUT2D eigenvalue weighted by Crippen LogP contribution is 2.36. The van der Waals surface area contributed by atoms with Crippen molar-refractivity contribution in [3.63, 3.8) is 0 Å². The predicted molar refractivity (Wildman–Crippen MR) is 141 cm³/mol. The van der Waals surface area contributed by atoms with Crippen LogP contribution >= 0.6 is 34.2 Å². The molecule has 0 saturated carbocycles. The molecule has 0 spiro atoms. The first-order valence-electron chi connectivity index (χ1n) is 10.8. The Hall–Kier alpha value is -2.04. The Bertz CT molecular complexity index is 1300. The number of hydrogen-bond donors (Lipinski definition) is 4. The van der Waals surface area contributed by atoms with E-state index in [2.05, 4.69) is 53.0 Å². The second-order valence-electron chi connectivity index (χ2n) is 7.87. The summed E-state index contributed by atoms with van der Waals surface area (Å²) in [4.78, 5) is 1.71. The summed E-state index contributed by atoms with van der Waals surface area (Å²) in [7, 11) is -4.15. The van der Waals surface area contributed by atoms with Crippen LogP contribution in [-0.2, 0) is 10.0 Å². The largest absolute Gasteiger partial charge is 0.403 e. The van der Waals surface area contributed by atoms with Gasteiger partial charge in [-0.05, 0) is 65.9 Å². The minimum Gasteiger partial charge on any atom is -0.403 e. The molecule has 1 aliphatic rings. The second kappa shape index (κ2) is 11.3. The number of benzene rings is 2. The van der Waals surface area contributed by atoms with Crippen LogP contribution < -0.4 is 21.1 Å². The van der Waals surface area contributed by atoms with Gasteiger partial charge in [-0.2, -0.15) is 0 Å². The van der Waals surface area contributed by atoms with Crippen molar-refractivity contribution in [1.82, 2.24) is 25.1 Å². The molecular weight excluding hydrogens is 612 g/mol. The molecule has 0 radical (unpaired) electrons. The van der Waals surface area contributed by atoms with Crippen molar-refractivity contribution in [2.24, 2.45) is 0 Å². The van der Waals surface area contributed by atoms with Gasteiger partial charge < -0.3 is 25.7 Å². The quantitative estimate of drug-likeness (QED) is 0.207. The number of rotatable bonds is 9. The third-order valence-corrected chi connectivity index (χ3v) is 7.85. The van der Waals surface area contributed by atoms with E-state index in [1.807, 2.05) is 6.07 Å². The van der Waals surface area contributed by atoms with Crippen molar-refractivity contribution in [1.29, 1.82) is 0 Å². The first-order chi connectivity index (χ1) is 16.7. The Kier molecular flexibility index (Phi) is 8.44. The number of aromatic nitrogens is 2. The summed E-state index contributed by atoms with van der Waals surface area (Å²) < 4.78 is 49.7. The molecule has 0 unspecified atom stereocenters. The van der Waals surface area contributed by atoms with E-state index in [9.17, 15) is 8.42 Å². The van der Waals surface area contributed by atoms with Crippen molar-refractivity contribution in [2.45, 2.75) is 11.3 Å². The Labute approximate surface area is 221 Å². The SMILES string of the molecule is Nc1nnc(-c2cc(S(=O)(=O)NCCCN3CCNCC3)c(F)cc2Nc2ccc(I)cc2Cl)o1. The van der Waals surface area contributed by atoms with Crippen LogP contribution in [0.25, 0.3) is 11.5 Å². The van der Waals surface area contributed by atoms with Crippen LogP contribution in [0.1, 0.15) is 6.42 Å². The molecule has 1 aliphatic heterocycles. The lowest BCUT2D eigenvalue weighted by atomic mass is 10.1. The summed E-state index contributed by atoms with van der Waals surface area (Å²) in [6.07, 6.45) is 0.596. The van der Waals surface area contributed by atoms with E-state index in [1.54, 1.807) is 12.1 Å². The highest BCUT2D eigenvalue weighted by Gasteiger charge is 2.24. The minimum atomic E-state index is -4.15. The van der Waals surface area contributed by atoms with Crippen molar-refractivity contribution in [3.05, 3.63) is 44.7 Å². The van der Waals surface area contributed by atoms with Gasteiger partial charge in [0.25, 0.3) is 5.89 Å². The van der Waals surface area contributed by atoms with E-state index in [0.29, 0.717) is 17.1 Å². The minimum absolute atomic E-state index is 0.0678. The lowest BCUT2D eigenvalue weighted by molar-refractivity contribution is 0.239. The summed E-state index contributed by atoms with van der Waals surface area (Å²) >= 11 is 8.43. The van der Waals surface area contributed by atoms with Crippen LogP contribution in [0, 0.1) is 9.39 Å². The average Bonchev–Trinajstić information content (AvgIpc) is 3.25. The lowest BCUT2D eigenvalue weighted by Crippen LogP contribution is -2.44. The van der Waals surface area contributed by atoms with Gasteiger partial charge in [0.1, 0.15) is 10.7 Å². The third kappa shape index (κ3) is 6.59. The van der Waals surface area contributed by atoms with Crippen molar-refractivity contribution < 1.29 is 17.2 Å². The van der Waals surface area contributed by atoms with E-state index in [-0.39, 0.29) is 29.7 Å². The van der Waals surface area contributed by atoms with Gasteiger partial charge in [0.05, 0.1) is 22.0 Å². The number of halogens is 3. The van der Waals surface area contributed by atoms with Crippen molar-refractivity contribution in [2.75, 3.05) is 50.3 Å². The Morgan fingerprint density at radius 2 is 1.97 bits per heavy atom. The fourth-order valence-electron chi connectivity index (χ4n) is 3.64. The standard InChI is InChI=1S/C21H24ClFIN7O3S/c22-15-10-13(24)2-3-17(15)28-18-12-16(23)19(11-14(18)20-29-30-21(25)34-20)35(32,33)27-4-1-7-31-8-5-26-6-9-31/h2-3,10-12,26-28H,1,4-9H2,(H2,25,30). The molecule has 14 heteroatoms. The van der Waals surface area contributed by atoms with E-state index in [4.69, 9.17) is 21.8 Å². The van der Waals surface area contributed by atoms with Crippen LogP contribution in [0.5, 0.6) is 0 Å². The van der Waals surface area contributed by atoms with E-state index in [1.165, 1.54) is 0 Å². The van der Waals surface area contributed by atoms with Crippen LogP contribution in [0.15, 0.2) is 39.6 Å². The van der Waals surface area contributed by atoms with Gasteiger partial charge in [0.2, 0.25) is 10.0 Å². The number of nitrogens with zero attached hydrogens (tertiary/aromatic N) is 3. The van der Waals surface area contributed by atoms with Gasteiger partial charge in [-0.15, -0.1) is 5.10 Å². The molecule has 4 rings (SSSR count). The monoisotopic (exact) mass is 635 g/mol. The zero-order chi connectivity index (χ0) is 25.0. The molecule has 10 nitrogen and oxygen atoms in total. The molecule has 0 atom stereocenters. The van der Waals surface area contributed by atoms with Gasteiger partial charge in [-0.3, -0.25) is 0 Å². The Balaban J connectivity index is 1.58. The third-order valence-electron chi connectivity index (χ3n) is 5.39.